The van der Waals surface area contributed by atoms with Gasteiger partial charge in [-0.1, -0.05) is 11.6 Å². The molecule has 1 aliphatic carbocycles. The molecule has 17 heavy (non-hydrogen) atoms. The molecule has 0 aromatic heterocycles. The maximum Gasteiger partial charge on any atom is 0.0657 e. The molecule has 3 N–H and O–H groups in total. The molecule has 0 amide bonds. The molecule has 0 heterocycles. The lowest BCUT2D eigenvalue weighted by Crippen LogP contribution is -2.07. The third kappa shape index (κ3) is 4.44. The second-order valence-electron chi connectivity index (χ2n) is 4.54. The van der Waals surface area contributed by atoms with Crippen LogP contribution in [0.25, 0.3) is 0 Å². The van der Waals surface area contributed by atoms with Crippen LogP contribution in [0.2, 0.25) is 5.02 Å². The van der Waals surface area contributed by atoms with E-state index in [0.717, 1.165) is 37.8 Å². The largest absolute Gasteiger partial charge is 0.399 e. The smallest absolute Gasteiger partial charge is 0.0657 e. The van der Waals surface area contributed by atoms with Gasteiger partial charge < -0.3 is 15.8 Å². The average molecular weight is 255 g/mol. The monoisotopic (exact) mass is 254 g/mol. The van der Waals surface area contributed by atoms with Crippen LogP contribution in [0.3, 0.4) is 0 Å². The summed E-state index contributed by atoms with van der Waals surface area (Å²) in [5, 5.41) is 3.95. The van der Waals surface area contributed by atoms with Crippen LogP contribution in [-0.4, -0.2) is 19.8 Å². The highest BCUT2D eigenvalue weighted by atomic mass is 35.5. The Labute approximate surface area is 107 Å². The van der Waals surface area contributed by atoms with Gasteiger partial charge in [0.05, 0.1) is 10.7 Å². The molecule has 0 saturated heterocycles. The molecule has 1 fully saturated rings. The molecule has 3 nitrogen and oxygen atoms in total. The predicted octanol–water partition coefficient (Wildman–Crippen LogP) is 3.15. The molecule has 1 saturated carbocycles. The number of nitrogens with two attached hydrogens (primary N) is 1. The molecule has 0 spiro atoms. The first-order valence-electron chi connectivity index (χ1n) is 6.12. The zero-order valence-electron chi connectivity index (χ0n) is 9.92. The van der Waals surface area contributed by atoms with Gasteiger partial charge in [-0.15, -0.1) is 0 Å². The third-order valence-corrected chi connectivity index (χ3v) is 3.14. The fourth-order valence-electron chi connectivity index (χ4n) is 1.61. The van der Waals surface area contributed by atoms with Gasteiger partial charge in [0.1, 0.15) is 0 Å². The fraction of sp³-hybridized carbons (Fsp3) is 0.538. The van der Waals surface area contributed by atoms with Crippen molar-refractivity contribution in [1.29, 1.82) is 0 Å². The van der Waals surface area contributed by atoms with Crippen molar-refractivity contribution < 1.29 is 4.74 Å². The second kappa shape index (κ2) is 6.12. The standard InChI is InChI=1S/C13H19ClN2O/c14-12-8-11(15)4-5-13(12)16-6-1-7-17-9-10-2-3-10/h4-5,8,10,16H,1-3,6-7,9,15H2. The molecular formula is C13H19ClN2O. The Hall–Kier alpha value is -0.930. The molecule has 0 aliphatic heterocycles. The molecule has 2 rings (SSSR count). The van der Waals surface area contributed by atoms with Crippen LogP contribution in [0.15, 0.2) is 18.2 Å². The number of anilines is 2. The Morgan fingerprint density at radius 1 is 1.41 bits per heavy atom. The third-order valence-electron chi connectivity index (χ3n) is 2.82. The van der Waals surface area contributed by atoms with Gasteiger partial charge in [-0.05, 0) is 43.4 Å². The zero-order valence-corrected chi connectivity index (χ0v) is 10.7. The van der Waals surface area contributed by atoms with E-state index < -0.39 is 0 Å². The summed E-state index contributed by atoms with van der Waals surface area (Å²) in [5.74, 6) is 0.842. The summed E-state index contributed by atoms with van der Waals surface area (Å²) in [7, 11) is 0. The summed E-state index contributed by atoms with van der Waals surface area (Å²) in [6.45, 7) is 2.62. The Kier molecular flexibility index (Phi) is 4.51. The van der Waals surface area contributed by atoms with E-state index in [1.807, 2.05) is 12.1 Å². The molecule has 1 aliphatic rings. The number of benzene rings is 1. The van der Waals surface area contributed by atoms with Crippen LogP contribution in [0.5, 0.6) is 0 Å². The van der Waals surface area contributed by atoms with Crippen LogP contribution in [-0.2, 0) is 4.74 Å². The lowest BCUT2D eigenvalue weighted by molar-refractivity contribution is 0.124. The van der Waals surface area contributed by atoms with Crippen LogP contribution in [0.1, 0.15) is 19.3 Å². The van der Waals surface area contributed by atoms with Gasteiger partial charge in [0, 0.05) is 25.4 Å². The topological polar surface area (TPSA) is 47.3 Å². The van der Waals surface area contributed by atoms with Crippen molar-refractivity contribution in [3.8, 4) is 0 Å². The van der Waals surface area contributed by atoms with E-state index in [1.165, 1.54) is 12.8 Å². The van der Waals surface area contributed by atoms with Crippen molar-refractivity contribution in [2.75, 3.05) is 30.8 Å². The first kappa shape index (κ1) is 12.5. The summed E-state index contributed by atoms with van der Waals surface area (Å²) in [6, 6.07) is 5.51. The van der Waals surface area contributed by atoms with Gasteiger partial charge in [-0.3, -0.25) is 0 Å². The minimum absolute atomic E-state index is 0.670. The van der Waals surface area contributed by atoms with E-state index in [0.29, 0.717) is 10.7 Å². The van der Waals surface area contributed by atoms with Gasteiger partial charge >= 0.3 is 0 Å². The number of hydrogen-bond acceptors (Lipinski definition) is 3. The highest BCUT2D eigenvalue weighted by Gasteiger charge is 2.20. The number of rotatable bonds is 7. The summed E-state index contributed by atoms with van der Waals surface area (Å²) in [6.07, 6.45) is 3.69. The van der Waals surface area contributed by atoms with E-state index in [4.69, 9.17) is 22.1 Å². The summed E-state index contributed by atoms with van der Waals surface area (Å²) in [4.78, 5) is 0. The Morgan fingerprint density at radius 2 is 2.24 bits per heavy atom. The van der Waals surface area contributed by atoms with Gasteiger partial charge in [-0.2, -0.15) is 0 Å². The van der Waals surface area contributed by atoms with Crippen molar-refractivity contribution in [3.63, 3.8) is 0 Å². The van der Waals surface area contributed by atoms with Crippen LogP contribution < -0.4 is 11.1 Å². The quantitative estimate of drug-likeness (QED) is 0.581. The first-order chi connectivity index (χ1) is 8.25. The van der Waals surface area contributed by atoms with Gasteiger partial charge in [0.15, 0.2) is 0 Å². The molecule has 94 valence electrons. The lowest BCUT2D eigenvalue weighted by atomic mass is 10.3. The van der Waals surface area contributed by atoms with E-state index >= 15 is 0 Å². The predicted molar refractivity (Wildman–Crippen MR) is 72.5 cm³/mol. The maximum absolute atomic E-state index is 6.05. The minimum Gasteiger partial charge on any atom is -0.399 e. The number of ether oxygens (including phenoxy) is 1. The maximum atomic E-state index is 6.05. The van der Waals surface area contributed by atoms with Crippen molar-refractivity contribution in [1.82, 2.24) is 0 Å². The molecule has 0 bridgehead atoms. The van der Waals surface area contributed by atoms with E-state index in [-0.39, 0.29) is 0 Å². The average Bonchev–Trinajstić information content (AvgIpc) is 3.09. The minimum atomic E-state index is 0.670. The van der Waals surface area contributed by atoms with Crippen molar-refractivity contribution >= 4 is 23.0 Å². The number of nitrogens with one attached hydrogen (secondary N) is 1. The fourth-order valence-corrected chi connectivity index (χ4v) is 1.86. The molecule has 4 heteroatoms. The van der Waals surface area contributed by atoms with Gasteiger partial charge in [0.25, 0.3) is 0 Å². The molecular weight excluding hydrogens is 236 g/mol. The molecule has 1 aromatic rings. The number of hydrogen-bond donors (Lipinski definition) is 2. The molecule has 0 radical (unpaired) electrons. The van der Waals surface area contributed by atoms with Gasteiger partial charge in [0.2, 0.25) is 0 Å². The molecule has 1 aromatic carbocycles. The molecule has 0 unspecified atom stereocenters. The second-order valence-corrected chi connectivity index (χ2v) is 4.95. The Balaban J connectivity index is 1.60. The van der Waals surface area contributed by atoms with E-state index in [9.17, 15) is 0 Å². The SMILES string of the molecule is Nc1ccc(NCCCOCC2CC2)c(Cl)c1. The number of nitrogen functional groups attached to an aromatic ring is 1. The normalized spacial score (nSPS) is 14.9. The van der Waals surface area contributed by atoms with Gasteiger partial charge in [-0.25, -0.2) is 0 Å². The Bertz CT molecular complexity index is 366. The van der Waals surface area contributed by atoms with Crippen molar-refractivity contribution in [2.45, 2.75) is 19.3 Å². The summed E-state index contributed by atoms with van der Waals surface area (Å²) >= 11 is 6.05. The first-order valence-corrected chi connectivity index (χ1v) is 6.50. The van der Waals surface area contributed by atoms with Crippen molar-refractivity contribution in [2.24, 2.45) is 5.92 Å². The van der Waals surface area contributed by atoms with E-state index in [2.05, 4.69) is 5.32 Å². The summed E-state index contributed by atoms with van der Waals surface area (Å²) in [5.41, 5.74) is 7.25. The highest BCUT2D eigenvalue weighted by Crippen LogP contribution is 2.28. The van der Waals surface area contributed by atoms with Crippen LogP contribution in [0, 0.1) is 5.92 Å². The lowest BCUT2D eigenvalue weighted by Gasteiger charge is -2.09. The van der Waals surface area contributed by atoms with Crippen molar-refractivity contribution in [3.05, 3.63) is 23.2 Å². The zero-order chi connectivity index (χ0) is 12.1. The molecule has 0 atom stereocenters. The number of halogens is 1. The highest BCUT2D eigenvalue weighted by molar-refractivity contribution is 6.33. The summed E-state index contributed by atoms with van der Waals surface area (Å²) < 4.78 is 5.55. The Morgan fingerprint density at radius 3 is 2.94 bits per heavy atom. The van der Waals surface area contributed by atoms with Crippen LogP contribution in [0.4, 0.5) is 11.4 Å². The van der Waals surface area contributed by atoms with Crippen LogP contribution >= 0.6 is 11.6 Å². The van der Waals surface area contributed by atoms with E-state index in [1.54, 1.807) is 6.07 Å².